The molecule has 2 aromatic rings. The van der Waals surface area contributed by atoms with Gasteiger partial charge in [-0.1, -0.05) is 17.3 Å². The van der Waals surface area contributed by atoms with Crippen molar-refractivity contribution in [2.24, 2.45) is 0 Å². The van der Waals surface area contributed by atoms with Crippen molar-refractivity contribution in [2.75, 3.05) is 6.79 Å². The molecule has 0 fully saturated rings. The average Bonchev–Trinajstić information content (AvgIpc) is 2.98. The van der Waals surface area contributed by atoms with Gasteiger partial charge in [0.1, 0.15) is 5.76 Å². The van der Waals surface area contributed by atoms with E-state index in [1.54, 1.807) is 0 Å². The molecule has 1 aromatic heterocycles. The maximum Gasteiger partial charge on any atom is 0.231 e. The Hall–Kier alpha value is -1.72. The topological polar surface area (TPSA) is 56.5 Å². The van der Waals surface area contributed by atoms with E-state index in [1.807, 2.05) is 31.2 Å². The number of nitrogens with one attached hydrogen (secondary N) is 1. The van der Waals surface area contributed by atoms with Crippen LogP contribution in [0.25, 0.3) is 0 Å². The normalized spacial score (nSPS) is 12.3. The smallest absolute Gasteiger partial charge is 0.231 e. The maximum absolute atomic E-state index is 5.44. The van der Waals surface area contributed by atoms with Gasteiger partial charge >= 0.3 is 0 Å². The second kappa shape index (κ2) is 5.95. The summed E-state index contributed by atoms with van der Waals surface area (Å²) in [6.45, 7) is 3.56. The summed E-state index contributed by atoms with van der Waals surface area (Å²) in [5.74, 6) is 2.47. The zero-order chi connectivity index (χ0) is 12.4. The molecule has 0 unspecified atom stereocenters. The molecule has 102 valence electrons. The fourth-order valence-electron chi connectivity index (χ4n) is 1.96. The lowest BCUT2D eigenvalue weighted by molar-refractivity contribution is 0.173. The van der Waals surface area contributed by atoms with Crippen molar-refractivity contribution in [2.45, 2.75) is 20.0 Å². The summed E-state index contributed by atoms with van der Waals surface area (Å²) in [6.07, 6.45) is 0. The highest BCUT2D eigenvalue weighted by atomic mass is 35.5. The number of nitrogens with zero attached hydrogens (tertiary/aromatic N) is 1. The van der Waals surface area contributed by atoms with E-state index in [-0.39, 0.29) is 12.4 Å². The Balaban J connectivity index is 0.00000133. The first-order valence-corrected chi connectivity index (χ1v) is 5.83. The molecule has 0 aliphatic carbocycles. The average molecular weight is 283 g/mol. The molecule has 19 heavy (non-hydrogen) atoms. The highest BCUT2D eigenvalue weighted by molar-refractivity contribution is 5.85. The molecule has 1 aliphatic rings. The minimum atomic E-state index is 0. The second-order valence-electron chi connectivity index (χ2n) is 4.18. The molecular formula is C13H15ClN2O3. The van der Waals surface area contributed by atoms with Gasteiger partial charge in [-0.25, -0.2) is 0 Å². The van der Waals surface area contributed by atoms with Crippen LogP contribution in [-0.2, 0) is 13.1 Å². The first-order chi connectivity index (χ1) is 8.83. The van der Waals surface area contributed by atoms with Crippen LogP contribution in [0.4, 0.5) is 0 Å². The maximum atomic E-state index is 5.44. The summed E-state index contributed by atoms with van der Waals surface area (Å²) < 4.78 is 15.8. The second-order valence-corrected chi connectivity index (χ2v) is 4.18. The van der Waals surface area contributed by atoms with Crippen molar-refractivity contribution in [1.82, 2.24) is 10.5 Å². The van der Waals surface area contributed by atoms with Crippen LogP contribution in [0.5, 0.6) is 11.5 Å². The van der Waals surface area contributed by atoms with Crippen LogP contribution in [0.2, 0.25) is 0 Å². The minimum Gasteiger partial charge on any atom is -0.454 e. The fraction of sp³-hybridized carbons (Fsp3) is 0.308. The molecule has 0 atom stereocenters. The van der Waals surface area contributed by atoms with Gasteiger partial charge in [-0.3, -0.25) is 0 Å². The van der Waals surface area contributed by atoms with E-state index in [0.29, 0.717) is 19.9 Å². The van der Waals surface area contributed by atoms with Crippen molar-refractivity contribution < 1.29 is 14.0 Å². The molecule has 0 spiro atoms. The SMILES string of the molecule is Cc1cc(CNCc2cccc3c2OCO3)no1.Cl. The standard InChI is InChI=1S/C13H14N2O3.ClH/c1-9-5-11(15-18-9)7-14-6-10-3-2-4-12-13(10)17-8-16-12;/h2-5,14H,6-8H2,1H3;1H. The number of hydrogen-bond donors (Lipinski definition) is 1. The van der Waals surface area contributed by atoms with Gasteiger partial charge in [-0.15, -0.1) is 12.4 Å². The van der Waals surface area contributed by atoms with Crippen LogP contribution in [0.15, 0.2) is 28.8 Å². The quantitative estimate of drug-likeness (QED) is 0.933. The lowest BCUT2D eigenvalue weighted by Crippen LogP contribution is -2.13. The summed E-state index contributed by atoms with van der Waals surface area (Å²) in [5, 5.41) is 7.23. The van der Waals surface area contributed by atoms with Crippen molar-refractivity contribution >= 4 is 12.4 Å². The Labute approximate surface area is 117 Å². The summed E-state index contributed by atoms with van der Waals surface area (Å²) in [6, 6.07) is 7.81. The highest BCUT2D eigenvalue weighted by Crippen LogP contribution is 2.35. The van der Waals surface area contributed by atoms with E-state index in [2.05, 4.69) is 10.5 Å². The number of hydrogen-bond acceptors (Lipinski definition) is 5. The first-order valence-electron chi connectivity index (χ1n) is 5.83. The molecule has 1 aliphatic heterocycles. The third-order valence-electron chi connectivity index (χ3n) is 2.78. The molecule has 0 saturated heterocycles. The number of aromatic nitrogens is 1. The van der Waals surface area contributed by atoms with E-state index in [9.17, 15) is 0 Å². The Bertz CT molecular complexity index is 557. The van der Waals surface area contributed by atoms with Gasteiger partial charge in [-0.2, -0.15) is 0 Å². The van der Waals surface area contributed by atoms with Gasteiger partial charge in [0.25, 0.3) is 0 Å². The predicted molar refractivity (Wildman–Crippen MR) is 71.6 cm³/mol. The Morgan fingerprint density at radius 1 is 1.26 bits per heavy atom. The summed E-state index contributed by atoms with van der Waals surface area (Å²) in [4.78, 5) is 0. The van der Waals surface area contributed by atoms with Crippen LogP contribution in [0, 0.1) is 6.92 Å². The number of benzene rings is 1. The van der Waals surface area contributed by atoms with Gasteiger partial charge in [0.15, 0.2) is 11.5 Å². The van der Waals surface area contributed by atoms with E-state index in [4.69, 9.17) is 14.0 Å². The molecule has 1 aromatic carbocycles. The van der Waals surface area contributed by atoms with Crippen LogP contribution >= 0.6 is 12.4 Å². The molecule has 0 amide bonds. The van der Waals surface area contributed by atoms with Crippen molar-refractivity contribution in [3.05, 3.63) is 41.3 Å². The zero-order valence-electron chi connectivity index (χ0n) is 10.5. The third kappa shape index (κ3) is 3.00. The molecule has 5 nitrogen and oxygen atoms in total. The van der Waals surface area contributed by atoms with Crippen molar-refractivity contribution in [3.8, 4) is 11.5 Å². The monoisotopic (exact) mass is 282 g/mol. The third-order valence-corrected chi connectivity index (χ3v) is 2.78. The van der Waals surface area contributed by atoms with Crippen LogP contribution in [0.3, 0.4) is 0 Å². The summed E-state index contributed by atoms with van der Waals surface area (Å²) in [5.41, 5.74) is 1.99. The fourth-order valence-corrected chi connectivity index (χ4v) is 1.96. The molecular weight excluding hydrogens is 268 g/mol. The lowest BCUT2D eigenvalue weighted by Gasteiger charge is -2.06. The zero-order valence-corrected chi connectivity index (χ0v) is 11.3. The van der Waals surface area contributed by atoms with Gasteiger partial charge in [0.05, 0.1) is 5.69 Å². The number of fused-ring (bicyclic) bond motifs is 1. The molecule has 2 heterocycles. The van der Waals surface area contributed by atoms with Crippen LogP contribution < -0.4 is 14.8 Å². The Kier molecular flexibility index (Phi) is 4.29. The van der Waals surface area contributed by atoms with Gasteiger partial charge < -0.3 is 19.3 Å². The van der Waals surface area contributed by atoms with E-state index in [0.717, 1.165) is 28.5 Å². The number of ether oxygens (including phenoxy) is 2. The minimum absolute atomic E-state index is 0. The first kappa shape index (κ1) is 13.7. The number of rotatable bonds is 4. The molecule has 3 rings (SSSR count). The van der Waals surface area contributed by atoms with Gasteiger partial charge in [0, 0.05) is 24.7 Å². The van der Waals surface area contributed by atoms with E-state index < -0.39 is 0 Å². The van der Waals surface area contributed by atoms with Gasteiger partial charge in [0.2, 0.25) is 6.79 Å². The largest absolute Gasteiger partial charge is 0.454 e. The summed E-state index contributed by atoms with van der Waals surface area (Å²) in [7, 11) is 0. The van der Waals surface area contributed by atoms with Crippen molar-refractivity contribution in [3.63, 3.8) is 0 Å². The Morgan fingerprint density at radius 3 is 2.95 bits per heavy atom. The van der Waals surface area contributed by atoms with E-state index >= 15 is 0 Å². The predicted octanol–water partition coefficient (Wildman–Crippen LogP) is 2.42. The molecule has 0 radical (unpaired) electrons. The Morgan fingerprint density at radius 2 is 2.16 bits per heavy atom. The highest BCUT2D eigenvalue weighted by Gasteiger charge is 2.16. The number of aryl methyl sites for hydroxylation is 1. The van der Waals surface area contributed by atoms with Gasteiger partial charge in [-0.05, 0) is 13.0 Å². The van der Waals surface area contributed by atoms with E-state index in [1.165, 1.54) is 0 Å². The van der Waals surface area contributed by atoms with Crippen LogP contribution in [0.1, 0.15) is 17.0 Å². The molecule has 0 saturated carbocycles. The summed E-state index contributed by atoms with van der Waals surface area (Å²) >= 11 is 0. The van der Waals surface area contributed by atoms with Crippen molar-refractivity contribution in [1.29, 1.82) is 0 Å². The lowest BCUT2D eigenvalue weighted by atomic mass is 10.2. The molecule has 0 bridgehead atoms. The number of halogens is 1. The molecule has 1 N–H and O–H groups in total. The van der Waals surface area contributed by atoms with Crippen LogP contribution in [-0.4, -0.2) is 11.9 Å². The number of para-hydroxylation sites is 1. The molecule has 6 heteroatoms.